The predicted molar refractivity (Wildman–Crippen MR) is 81.8 cm³/mol. The van der Waals surface area contributed by atoms with Crippen molar-refractivity contribution in [3.8, 4) is 5.75 Å². The molecule has 0 saturated carbocycles. The number of nitrogens with zero attached hydrogens (tertiary/aromatic N) is 1. The summed E-state index contributed by atoms with van der Waals surface area (Å²) in [5.74, 6) is -0.147. The summed E-state index contributed by atoms with van der Waals surface area (Å²) in [6.07, 6.45) is 0.330. The highest BCUT2D eigenvalue weighted by molar-refractivity contribution is 6.30. The molecule has 7 heteroatoms. The van der Waals surface area contributed by atoms with Gasteiger partial charge in [0.2, 0.25) is 11.8 Å². The Morgan fingerprint density at radius 3 is 2.73 bits per heavy atom. The number of carbonyl (C=O) groups excluding carboxylic acids is 2. The van der Waals surface area contributed by atoms with Crippen LogP contribution in [0.2, 0.25) is 5.02 Å². The van der Waals surface area contributed by atoms with E-state index in [-0.39, 0.29) is 18.4 Å². The maximum atomic E-state index is 12.5. The Morgan fingerprint density at radius 1 is 1.41 bits per heavy atom. The Hall–Kier alpha value is -1.79. The predicted octanol–water partition coefficient (Wildman–Crippen LogP) is 0.992. The van der Waals surface area contributed by atoms with E-state index in [2.05, 4.69) is 0 Å². The van der Waals surface area contributed by atoms with Crippen LogP contribution in [0.5, 0.6) is 5.75 Å². The maximum Gasteiger partial charge on any atom is 0.240 e. The molecule has 1 heterocycles. The van der Waals surface area contributed by atoms with E-state index < -0.39 is 11.9 Å². The summed E-state index contributed by atoms with van der Waals surface area (Å²) in [5.41, 5.74) is 6.05. The molecule has 0 unspecified atom stereocenters. The van der Waals surface area contributed by atoms with Crippen LogP contribution in [0, 0.1) is 0 Å². The van der Waals surface area contributed by atoms with Crippen molar-refractivity contribution in [2.75, 3.05) is 20.8 Å². The number of likely N-dealkylation sites (tertiary alicyclic amines) is 1. The van der Waals surface area contributed by atoms with Crippen LogP contribution in [0.3, 0.4) is 0 Å². The number of amides is 2. The minimum absolute atomic E-state index is 0.0872. The molecule has 1 aliphatic heterocycles. The lowest BCUT2D eigenvalue weighted by Gasteiger charge is -2.22. The first-order valence-corrected chi connectivity index (χ1v) is 7.28. The van der Waals surface area contributed by atoms with Gasteiger partial charge in [-0.2, -0.15) is 0 Å². The van der Waals surface area contributed by atoms with Gasteiger partial charge in [0.1, 0.15) is 11.8 Å². The third-order valence-electron chi connectivity index (χ3n) is 3.83. The molecule has 0 bridgehead atoms. The van der Waals surface area contributed by atoms with Gasteiger partial charge < -0.3 is 20.1 Å². The van der Waals surface area contributed by atoms with Crippen LogP contribution < -0.4 is 10.5 Å². The first kappa shape index (κ1) is 16.6. The topological polar surface area (TPSA) is 81.9 Å². The number of rotatable bonds is 5. The van der Waals surface area contributed by atoms with Gasteiger partial charge in [-0.15, -0.1) is 0 Å². The van der Waals surface area contributed by atoms with Gasteiger partial charge in [-0.05, 0) is 18.2 Å². The first-order chi connectivity index (χ1) is 10.5. The number of primary amides is 1. The quantitative estimate of drug-likeness (QED) is 0.875. The van der Waals surface area contributed by atoms with E-state index in [9.17, 15) is 9.59 Å². The lowest BCUT2D eigenvalue weighted by molar-refractivity contribution is -0.136. The Balaban J connectivity index is 2.17. The van der Waals surface area contributed by atoms with Gasteiger partial charge in [-0.25, -0.2) is 0 Å². The summed E-state index contributed by atoms with van der Waals surface area (Å²) in [4.78, 5) is 25.5. The molecule has 2 N–H and O–H groups in total. The van der Waals surface area contributed by atoms with Gasteiger partial charge in [-0.3, -0.25) is 9.59 Å². The molecule has 2 atom stereocenters. The minimum Gasteiger partial charge on any atom is -0.496 e. The molecule has 6 nitrogen and oxygen atoms in total. The van der Waals surface area contributed by atoms with Crippen molar-refractivity contribution in [1.29, 1.82) is 0 Å². The largest absolute Gasteiger partial charge is 0.496 e. The van der Waals surface area contributed by atoms with E-state index in [1.807, 2.05) is 0 Å². The van der Waals surface area contributed by atoms with Gasteiger partial charge in [-0.1, -0.05) is 11.6 Å². The zero-order valence-corrected chi connectivity index (χ0v) is 13.3. The molecule has 0 aromatic heterocycles. The van der Waals surface area contributed by atoms with Crippen molar-refractivity contribution in [2.24, 2.45) is 5.73 Å². The van der Waals surface area contributed by atoms with Crippen LogP contribution in [0.4, 0.5) is 0 Å². The number of hydrogen-bond donors (Lipinski definition) is 1. The van der Waals surface area contributed by atoms with Crippen molar-refractivity contribution in [1.82, 2.24) is 4.90 Å². The molecular weight excluding hydrogens is 308 g/mol. The van der Waals surface area contributed by atoms with Crippen molar-refractivity contribution >= 4 is 23.4 Å². The molecule has 1 fully saturated rings. The molecule has 1 aromatic carbocycles. The number of hydrogen-bond acceptors (Lipinski definition) is 4. The Morgan fingerprint density at radius 2 is 2.14 bits per heavy atom. The van der Waals surface area contributed by atoms with Crippen LogP contribution >= 0.6 is 11.6 Å². The zero-order valence-electron chi connectivity index (χ0n) is 12.5. The molecule has 0 radical (unpaired) electrons. The second kappa shape index (κ2) is 6.98. The number of halogens is 1. The van der Waals surface area contributed by atoms with E-state index in [4.69, 9.17) is 26.8 Å². The average Bonchev–Trinajstić information content (AvgIpc) is 2.92. The molecule has 22 heavy (non-hydrogen) atoms. The van der Waals surface area contributed by atoms with Crippen molar-refractivity contribution in [2.45, 2.75) is 25.0 Å². The summed E-state index contributed by atoms with van der Waals surface area (Å²) >= 11 is 5.97. The number of ether oxygens (including phenoxy) is 2. The smallest absolute Gasteiger partial charge is 0.240 e. The molecule has 120 valence electrons. The lowest BCUT2D eigenvalue weighted by atomic mass is 10.1. The Kier molecular flexibility index (Phi) is 5.26. The van der Waals surface area contributed by atoms with E-state index >= 15 is 0 Å². The summed E-state index contributed by atoms with van der Waals surface area (Å²) < 4.78 is 10.5. The van der Waals surface area contributed by atoms with Crippen LogP contribution in [0.15, 0.2) is 18.2 Å². The van der Waals surface area contributed by atoms with Crippen LogP contribution in [-0.4, -0.2) is 49.6 Å². The fraction of sp³-hybridized carbons (Fsp3) is 0.467. The second-order valence-corrected chi connectivity index (χ2v) is 5.63. The molecule has 1 aliphatic rings. The van der Waals surface area contributed by atoms with Crippen LogP contribution in [-0.2, 0) is 20.7 Å². The van der Waals surface area contributed by atoms with Crippen LogP contribution in [0.25, 0.3) is 0 Å². The second-order valence-electron chi connectivity index (χ2n) is 5.19. The van der Waals surface area contributed by atoms with Crippen LogP contribution in [0.1, 0.15) is 12.0 Å². The molecule has 2 rings (SSSR count). The Labute approximate surface area is 134 Å². The molecule has 2 amide bonds. The monoisotopic (exact) mass is 326 g/mol. The number of nitrogens with two attached hydrogens (primary N) is 1. The summed E-state index contributed by atoms with van der Waals surface area (Å²) in [7, 11) is 3.08. The Bertz CT molecular complexity index is 579. The number of carbonyl (C=O) groups is 2. The van der Waals surface area contributed by atoms with E-state index in [1.54, 1.807) is 25.3 Å². The third-order valence-corrected chi connectivity index (χ3v) is 4.06. The molecular formula is C15H19ClN2O4. The van der Waals surface area contributed by atoms with Gasteiger partial charge in [0.15, 0.2) is 0 Å². The van der Waals surface area contributed by atoms with Gasteiger partial charge in [0.25, 0.3) is 0 Å². The summed E-state index contributed by atoms with van der Waals surface area (Å²) in [5, 5.41) is 0.520. The van der Waals surface area contributed by atoms with E-state index in [1.165, 1.54) is 12.0 Å². The van der Waals surface area contributed by atoms with E-state index in [0.29, 0.717) is 29.3 Å². The number of benzene rings is 1. The zero-order chi connectivity index (χ0) is 16.3. The minimum atomic E-state index is -0.636. The van der Waals surface area contributed by atoms with E-state index in [0.717, 1.165) is 0 Å². The molecule has 1 aromatic rings. The average molecular weight is 327 g/mol. The van der Waals surface area contributed by atoms with Gasteiger partial charge in [0.05, 0.1) is 19.6 Å². The van der Waals surface area contributed by atoms with Crippen molar-refractivity contribution < 1.29 is 19.1 Å². The van der Waals surface area contributed by atoms with Crippen molar-refractivity contribution in [3.05, 3.63) is 28.8 Å². The number of methoxy groups -OCH3 is 2. The fourth-order valence-corrected chi connectivity index (χ4v) is 2.86. The van der Waals surface area contributed by atoms with Crippen molar-refractivity contribution in [3.63, 3.8) is 0 Å². The molecule has 1 saturated heterocycles. The third kappa shape index (κ3) is 3.51. The van der Waals surface area contributed by atoms with Gasteiger partial charge >= 0.3 is 0 Å². The van der Waals surface area contributed by atoms with Gasteiger partial charge in [0, 0.05) is 30.7 Å². The maximum absolute atomic E-state index is 12.5. The highest BCUT2D eigenvalue weighted by Gasteiger charge is 2.38. The standard InChI is InChI=1S/C15H19ClN2O4/c1-21-11-7-12(15(17)20)18(8-11)14(19)6-9-5-10(16)3-4-13(9)22-2/h3-5,11-12H,6-8H2,1-2H3,(H2,17,20)/t11-,12-/m0/s1. The fourth-order valence-electron chi connectivity index (χ4n) is 2.66. The normalized spacial score (nSPS) is 21.0. The molecule has 0 spiro atoms. The lowest BCUT2D eigenvalue weighted by Crippen LogP contribution is -2.44. The highest BCUT2D eigenvalue weighted by atomic mass is 35.5. The SMILES string of the molecule is COc1ccc(Cl)cc1CC(=O)N1C[C@@H](OC)C[C@H]1C(N)=O. The highest BCUT2D eigenvalue weighted by Crippen LogP contribution is 2.26. The summed E-state index contributed by atoms with van der Waals surface area (Å²) in [6, 6.07) is 4.44. The molecule has 0 aliphatic carbocycles. The summed E-state index contributed by atoms with van der Waals surface area (Å²) in [6.45, 7) is 0.353. The first-order valence-electron chi connectivity index (χ1n) is 6.90.